The van der Waals surface area contributed by atoms with Crippen LogP contribution in [0.25, 0.3) is 0 Å². The molecule has 0 aliphatic heterocycles. The maximum Gasteiger partial charge on any atom is 0.230 e. The summed E-state index contributed by atoms with van der Waals surface area (Å²) in [6.45, 7) is 2.56. The number of hydrogen-bond donors (Lipinski definition) is 1. The largest absolute Gasteiger partial charge is 0.467 e. The van der Waals surface area contributed by atoms with E-state index in [1.54, 1.807) is 12.3 Å². The molecule has 0 atom stereocenters. The Hall–Kier alpha value is -1.76. The van der Waals surface area contributed by atoms with Crippen LogP contribution in [0.5, 0.6) is 0 Å². The zero-order chi connectivity index (χ0) is 15.1. The van der Waals surface area contributed by atoms with Gasteiger partial charge in [-0.15, -0.1) is 10.2 Å². The molecule has 0 aromatic carbocycles. The number of hydrogen-bond acceptors (Lipinski definition) is 5. The van der Waals surface area contributed by atoms with Crippen molar-refractivity contribution in [3.05, 3.63) is 30.0 Å². The van der Waals surface area contributed by atoms with Crippen molar-refractivity contribution >= 4 is 17.7 Å². The molecule has 0 unspecified atom stereocenters. The molecule has 0 saturated carbocycles. The van der Waals surface area contributed by atoms with E-state index in [0.717, 1.165) is 36.0 Å². The molecule has 2 aromatic heterocycles. The van der Waals surface area contributed by atoms with Gasteiger partial charge < -0.3 is 14.3 Å². The van der Waals surface area contributed by atoms with Gasteiger partial charge >= 0.3 is 0 Å². The lowest BCUT2D eigenvalue weighted by molar-refractivity contribution is -0.118. The number of carbonyl (C=O) groups is 1. The SMILES string of the molecule is CCCCc1nnc(SCC(=O)NCc2ccco2)n1C. The summed E-state index contributed by atoms with van der Waals surface area (Å²) in [4.78, 5) is 11.8. The minimum absolute atomic E-state index is 0.0468. The van der Waals surface area contributed by atoms with E-state index in [1.807, 2.05) is 17.7 Å². The molecule has 1 amide bonds. The van der Waals surface area contributed by atoms with Crippen LogP contribution in [0.3, 0.4) is 0 Å². The number of nitrogens with zero attached hydrogens (tertiary/aromatic N) is 3. The quantitative estimate of drug-likeness (QED) is 0.757. The fourth-order valence-corrected chi connectivity index (χ4v) is 2.56. The van der Waals surface area contributed by atoms with Gasteiger partial charge in [0.25, 0.3) is 0 Å². The number of unbranched alkanes of at least 4 members (excludes halogenated alkanes) is 1. The van der Waals surface area contributed by atoms with Gasteiger partial charge in [-0.1, -0.05) is 25.1 Å². The van der Waals surface area contributed by atoms with Crippen LogP contribution >= 0.6 is 11.8 Å². The number of nitrogens with one attached hydrogen (secondary N) is 1. The highest BCUT2D eigenvalue weighted by Crippen LogP contribution is 2.16. The Bertz CT molecular complexity index is 566. The number of furan rings is 1. The van der Waals surface area contributed by atoms with Crippen molar-refractivity contribution in [1.82, 2.24) is 20.1 Å². The van der Waals surface area contributed by atoms with Crippen molar-refractivity contribution in [2.75, 3.05) is 5.75 Å². The number of aromatic nitrogens is 3. The van der Waals surface area contributed by atoms with E-state index in [2.05, 4.69) is 22.4 Å². The van der Waals surface area contributed by atoms with E-state index in [4.69, 9.17) is 4.42 Å². The molecule has 114 valence electrons. The first-order chi connectivity index (χ1) is 10.2. The molecule has 0 fully saturated rings. The number of thioether (sulfide) groups is 1. The summed E-state index contributed by atoms with van der Waals surface area (Å²) in [5.41, 5.74) is 0. The molecule has 6 nitrogen and oxygen atoms in total. The lowest BCUT2D eigenvalue weighted by atomic mass is 10.2. The molecule has 21 heavy (non-hydrogen) atoms. The summed E-state index contributed by atoms with van der Waals surface area (Å²) in [5.74, 6) is 1.99. The van der Waals surface area contributed by atoms with Gasteiger partial charge in [0.1, 0.15) is 11.6 Å². The highest BCUT2D eigenvalue weighted by Gasteiger charge is 2.11. The molecule has 0 radical (unpaired) electrons. The Morgan fingerprint density at radius 3 is 3.05 bits per heavy atom. The van der Waals surface area contributed by atoms with Gasteiger partial charge in [0.15, 0.2) is 5.16 Å². The van der Waals surface area contributed by atoms with Crippen LogP contribution in [0.1, 0.15) is 31.4 Å². The molecule has 0 saturated heterocycles. The van der Waals surface area contributed by atoms with E-state index in [9.17, 15) is 4.79 Å². The minimum Gasteiger partial charge on any atom is -0.467 e. The van der Waals surface area contributed by atoms with E-state index in [1.165, 1.54) is 11.8 Å². The average molecular weight is 308 g/mol. The average Bonchev–Trinajstić information content (AvgIpc) is 3.11. The van der Waals surface area contributed by atoms with Gasteiger partial charge in [0.2, 0.25) is 5.91 Å². The topological polar surface area (TPSA) is 73.0 Å². The Balaban J connectivity index is 1.77. The Kier molecular flexibility index (Phi) is 5.86. The third-order valence-electron chi connectivity index (χ3n) is 3.05. The van der Waals surface area contributed by atoms with Gasteiger partial charge in [-0.25, -0.2) is 0 Å². The smallest absolute Gasteiger partial charge is 0.230 e. The Labute approximate surface area is 128 Å². The van der Waals surface area contributed by atoms with E-state index < -0.39 is 0 Å². The second kappa shape index (κ2) is 7.87. The fourth-order valence-electron chi connectivity index (χ4n) is 1.80. The highest BCUT2D eigenvalue weighted by molar-refractivity contribution is 7.99. The lowest BCUT2D eigenvalue weighted by Gasteiger charge is -2.04. The highest BCUT2D eigenvalue weighted by atomic mass is 32.2. The van der Waals surface area contributed by atoms with Crippen LogP contribution in [0.4, 0.5) is 0 Å². The minimum atomic E-state index is -0.0468. The zero-order valence-electron chi connectivity index (χ0n) is 12.3. The third-order valence-corrected chi connectivity index (χ3v) is 4.07. The molecule has 0 aliphatic carbocycles. The summed E-state index contributed by atoms with van der Waals surface area (Å²) in [6, 6.07) is 3.63. The van der Waals surface area contributed by atoms with Gasteiger partial charge in [-0.3, -0.25) is 4.79 Å². The van der Waals surface area contributed by atoms with Gasteiger partial charge in [0, 0.05) is 13.5 Å². The summed E-state index contributed by atoms with van der Waals surface area (Å²) in [5, 5.41) is 11.9. The summed E-state index contributed by atoms with van der Waals surface area (Å²) in [6.07, 6.45) is 4.74. The predicted octanol–water partition coefficient (Wildman–Crippen LogP) is 2.16. The van der Waals surface area contributed by atoms with Crippen molar-refractivity contribution in [3.8, 4) is 0 Å². The van der Waals surface area contributed by atoms with Crippen molar-refractivity contribution in [2.24, 2.45) is 7.05 Å². The molecule has 2 aromatic rings. The summed E-state index contributed by atoms with van der Waals surface area (Å²) in [7, 11) is 1.94. The summed E-state index contributed by atoms with van der Waals surface area (Å²) >= 11 is 1.39. The lowest BCUT2D eigenvalue weighted by Crippen LogP contribution is -2.24. The molecule has 0 spiro atoms. The van der Waals surface area contributed by atoms with Gasteiger partial charge in [0.05, 0.1) is 18.6 Å². The third kappa shape index (κ3) is 4.63. The predicted molar refractivity (Wildman–Crippen MR) is 80.9 cm³/mol. The van der Waals surface area contributed by atoms with Crippen molar-refractivity contribution in [3.63, 3.8) is 0 Å². The van der Waals surface area contributed by atoms with Crippen LogP contribution in [-0.4, -0.2) is 26.4 Å². The van der Waals surface area contributed by atoms with Crippen molar-refractivity contribution < 1.29 is 9.21 Å². The molecular weight excluding hydrogens is 288 g/mol. The Morgan fingerprint density at radius 2 is 2.33 bits per heavy atom. The number of rotatable bonds is 8. The van der Waals surface area contributed by atoms with Gasteiger partial charge in [-0.05, 0) is 18.6 Å². The monoisotopic (exact) mass is 308 g/mol. The van der Waals surface area contributed by atoms with Crippen molar-refractivity contribution in [2.45, 2.75) is 37.9 Å². The first-order valence-electron chi connectivity index (χ1n) is 7.01. The van der Waals surface area contributed by atoms with Crippen LogP contribution in [-0.2, 0) is 24.8 Å². The summed E-state index contributed by atoms with van der Waals surface area (Å²) < 4.78 is 7.12. The van der Waals surface area contributed by atoms with Crippen LogP contribution in [0, 0.1) is 0 Å². The Morgan fingerprint density at radius 1 is 1.48 bits per heavy atom. The normalized spacial score (nSPS) is 10.8. The first-order valence-corrected chi connectivity index (χ1v) is 7.99. The fraction of sp³-hybridized carbons (Fsp3) is 0.500. The molecule has 2 rings (SSSR count). The molecular formula is C14H20N4O2S. The maximum absolute atomic E-state index is 11.8. The number of carbonyl (C=O) groups excluding carboxylic acids is 1. The second-order valence-corrected chi connectivity index (χ2v) is 5.65. The molecule has 2 heterocycles. The van der Waals surface area contributed by atoms with E-state index in [0.29, 0.717) is 12.3 Å². The molecule has 1 N–H and O–H groups in total. The molecule has 0 bridgehead atoms. The van der Waals surface area contributed by atoms with E-state index in [-0.39, 0.29) is 5.91 Å². The van der Waals surface area contributed by atoms with Crippen LogP contribution in [0.15, 0.2) is 28.0 Å². The molecule has 0 aliphatic rings. The van der Waals surface area contributed by atoms with Crippen molar-refractivity contribution in [1.29, 1.82) is 0 Å². The second-order valence-electron chi connectivity index (χ2n) is 4.71. The molecule has 7 heteroatoms. The van der Waals surface area contributed by atoms with Crippen LogP contribution < -0.4 is 5.32 Å². The first kappa shape index (κ1) is 15.6. The number of aryl methyl sites for hydroxylation is 1. The maximum atomic E-state index is 11.8. The standard InChI is InChI=1S/C14H20N4O2S/c1-3-4-7-12-16-17-14(18(12)2)21-10-13(19)15-9-11-6-5-8-20-11/h5-6,8H,3-4,7,9-10H2,1-2H3,(H,15,19). The van der Waals surface area contributed by atoms with E-state index >= 15 is 0 Å². The van der Waals surface area contributed by atoms with Crippen LogP contribution in [0.2, 0.25) is 0 Å². The number of amides is 1. The van der Waals surface area contributed by atoms with Gasteiger partial charge in [-0.2, -0.15) is 0 Å². The zero-order valence-corrected chi connectivity index (χ0v) is 13.2.